The fraction of sp³-hybridized carbons (Fsp3) is 0.400. The number of hydrogen-bond acceptors (Lipinski definition) is 5. The van der Waals surface area contributed by atoms with E-state index in [1.54, 1.807) is 12.3 Å². The average Bonchev–Trinajstić information content (AvgIpc) is 2.67. The topological polar surface area (TPSA) is 51.7 Å². The highest BCUT2D eigenvalue weighted by molar-refractivity contribution is 6.36. The van der Waals surface area contributed by atoms with Gasteiger partial charge in [-0.2, -0.15) is 0 Å². The molecule has 0 atom stereocenters. The molecule has 0 bridgehead atoms. The van der Waals surface area contributed by atoms with Crippen molar-refractivity contribution in [1.29, 1.82) is 0 Å². The van der Waals surface area contributed by atoms with Crippen LogP contribution < -0.4 is 15.1 Å². The maximum Gasteiger partial charge on any atom is 0.234 e. The molecular weight excluding hydrogens is 397 g/mol. The van der Waals surface area contributed by atoms with Gasteiger partial charge in [-0.05, 0) is 23.8 Å². The zero-order valence-corrected chi connectivity index (χ0v) is 17.7. The Morgan fingerprint density at radius 2 is 1.82 bits per heavy atom. The first kappa shape index (κ1) is 20.7. The van der Waals surface area contributed by atoms with Crippen molar-refractivity contribution in [2.24, 2.45) is 0 Å². The Balaban J connectivity index is 1.43. The quantitative estimate of drug-likeness (QED) is 0.776. The van der Waals surface area contributed by atoms with Gasteiger partial charge in [0.05, 0.1) is 16.6 Å². The molecule has 150 valence electrons. The van der Waals surface area contributed by atoms with Gasteiger partial charge in [-0.25, -0.2) is 4.98 Å². The lowest BCUT2D eigenvalue weighted by Crippen LogP contribution is -2.49. The van der Waals surface area contributed by atoms with Crippen LogP contribution in [0.25, 0.3) is 0 Å². The average molecular weight is 422 g/mol. The van der Waals surface area contributed by atoms with Crippen LogP contribution in [-0.2, 0) is 11.3 Å². The maximum atomic E-state index is 12.3. The van der Waals surface area contributed by atoms with E-state index in [1.807, 2.05) is 26.2 Å². The van der Waals surface area contributed by atoms with Crippen LogP contribution in [0.2, 0.25) is 10.0 Å². The van der Waals surface area contributed by atoms with Gasteiger partial charge in [0.15, 0.2) is 0 Å². The predicted octanol–water partition coefficient (Wildman–Crippen LogP) is 2.89. The van der Waals surface area contributed by atoms with Crippen LogP contribution >= 0.6 is 23.2 Å². The lowest BCUT2D eigenvalue weighted by atomic mass is 10.2. The number of rotatable bonds is 6. The third-order valence-corrected chi connectivity index (χ3v) is 5.25. The summed E-state index contributed by atoms with van der Waals surface area (Å²) in [7, 11) is 4.01. The summed E-state index contributed by atoms with van der Waals surface area (Å²) in [5.41, 5.74) is 2.23. The van der Waals surface area contributed by atoms with Gasteiger partial charge in [0.25, 0.3) is 0 Å². The molecule has 1 amide bonds. The van der Waals surface area contributed by atoms with E-state index in [0.717, 1.165) is 43.2 Å². The molecule has 1 aromatic heterocycles. The van der Waals surface area contributed by atoms with Gasteiger partial charge < -0.3 is 15.1 Å². The predicted molar refractivity (Wildman–Crippen MR) is 116 cm³/mol. The number of pyridine rings is 1. The first-order chi connectivity index (χ1) is 13.4. The largest absolute Gasteiger partial charge is 0.378 e. The standard InChI is InChI=1S/C20H25Cl2N5O/c1-25(2)17-5-3-15(4-6-17)12-23-19(28)14-26-7-9-27(10-8-26)20-18(22)11-16(21)13-24-20/h3-6,11,13H,7-10,12,14H2,1-2H3,(H,23,28). The number of halogens is 2. The lowest BCUT2D eigenvalue weighted by molar-refractivity contribution is -0.122. The second-order valence-corrected chi connectivity index (χ2v) is 7.90. The summed E-state index contributed by atoms with van der Waals surface area (Å²) in [6, 6.07) is 9.89. The van der Waals surface area contributed by atoms with Crippen molar-refractivity contribution in [2.75, 3.05) is 56.6 Å². The summed E-state index contributed by atoms with van der Waals surface area (Å²) in [4.78, 5) is 22.9. The number of benzene rings is 1. The summed E-state index contributed by atoms with van der Waals surface area (Å²) in [6.07, 6.45) is 1.60. The van der Waals surface area contributed by atoms with Crippen molar-refractivity contribution in [3.8, 4) is 0 Å². The molecule has 3 rings (SSSR count). The van der Waals surface area contributed by atoms with Crippen molar-refractivity contribution in [1.82, 2.24) is 15.2 Å². The van der Waals surface area contributed by atoms with E-state index in [4.69, 9.17) is 23.2 Å². The SMILES string of the molecule is CN(C)c1ccc(CNC(=O)CN2CCN(c3ncc(Cl)cc3Cl)CC2)cc1. The van der Waals surface area contributed by atoms with Crippen LogP contribution in [0, 0.1) is 0 Å². The molecule has 2 aromatic rings. The summed E-state index contributed by atoms with van der Waals surface area (Å²) in [5.74, 6) is 0.782. The number of amides is 1. The molecule has 0 saturated carbocycles. The molecule has 1 fully saturated rings. The van der Waals surface area contributed by atoms with E-state index in [2.05, 4.69) is 37.1 Å². The minimum atomic E-state index is 0.0350. The number of nitrogens with zero attached hydrogens (tertiary/aromatic N) is 4. The van der Waals surface area contributed by atoms with Crippen molar-refractivity contribution in [3.05, 3.63) is 52.1 Å². The molecule has 0 spiro atoms. The summed E-state index contributed by atoms with van der Waals surface area (Å²) in [5, 5.41) is 4.08. The lowest BCUT2D eigenvalue weighted by Gasteiger charge is -2.35. The molecule has 1 N–H and O–H groups in total. The Morgan fingerprint density at radius 1 is 1.14 bits per heavy atom. The van der Waals surface area contributed by atoms with E-state index in [1.165, 1.54) is 0 Å². The summed E-state index contributed by atoms with van der Waals surface area (Å²) >= 11 is 12.2. The fourth-order valence-electron chi connectivity index (χ4n) is 3.13. The highest BCUT2D eigenvalue weighted by Crippen LogP contribution is 2.26. The highest BCUT2D eigenvalue weighted by atomic mass is 35.5. The second kappa shape index (κ2) is 9.45. The smallest absolute Gasteiger partial charge is 0.234 e. The van der Waals surface area contributed by atoms with Crippen LogP contribution in [0.1, 0.15) is 5.56 Å². The van der Waals surface area contributed by atoms with Crippen LogP contribution in [0.4, 0.5) is 11.5 Å². The number of piperazine rings is 1. The number of aromatic nitrogens is 1. The third kappa shape index (κ3) is 5.50. The number of carbonyl (C=O) groups excluding carboxylic acids is 1. The first-order valence-corrected chi connectivity index (χ1v) is 9.99. The Kier molecular flexibility index (Phi) is 6.99. The molecule has 1 aliphatic rings. The molecule has 6 nitrogen and oxygen atoms in total. The number of nitrogens with one attached hydrogen (secondary N) is 1. The van der Waals surface area contributed by atoms with E-state index in [9.17, 15) is 4.79 Å². The summed E-state index contributed by atoms with van der Waals surface area (Å²) < 4.78 is 0. The van der Waals surface area contributed by atoms with Gasteiger partial charge in [-0.15, -0.1) is 0 Å². The maximum absolute atomic E-state index is 12.3. The van der Waals surface area contributed by atoms with Crippen molar-refractivity contribution >= 4 is 40.6 Å². The fourth-order valence-corrected chi connectivity index (χ4v) is 3.63. The Morgan fingerprint density at radius 3 is 2.43 bits per heavy atom. The van der Waals surface area contributed by atoms with Crippen LogP contribution in [0.15, 0.2) is 36.5 Å². The minimum absolute atomic E-state index is 0.0350. The molecule has 0 unspecified atom stereocenters. The van der Waals surface area contributed by atoms with Crippen molar-refractivity contribution in [3.63, 3.8) is 0 Å². The third-order valence-electron chi connectivity index (χ3n) is 4.77. The molecule has 2 heterocycles. The van der Waals surface area contributed by atoms with Gasteiger partial charge in [0, 0.05) is 58.7 Å². The summed E-state index contributed by atoms with van der Waals surface area (Å²) in [6.45, 7) is 4.04. The van der Waals surface area contributed by atoms with Crippen LogP contribution in [0.3, 0.4) is 0 Å². The zero-order chi connectivity index (χ0) is 20.1. The van der Waals surface area contributed by atoms with Gasteiger partial charge in [-0.3, -0.25) is 9.69 Å². The molecule has 1 saturated heterocycles. The van der Waals surface area contributed by atoms with Gasteiger partial charge in [0.1, 0.15) is 5.82 Å². The number of carbonyl (C=O) groups is 1. The molecular formula is C20H25Cl2N5O. The van der Waals surface area contributed by atoms with Crippen LogP contribution in [-0.4, -0.2) is 62.6 Å². The Bertz CT molecular complexity index is 805. The Labute approximate surface area is 176 Å². The van der Waals surface area contributed by atoms with Gasteiger partial charge in [-0.1, -0.05) is 35.3 Å². The van der Waals surface area contributed by atoms with E-state index < -0.39 is 0 Å². The monoisotopic (exact) mass is 421 g/mol. The number of anilines is 2. The van der Waals surface area contributed by atoms with E-state index in [-0.39, 0.29) is 5.91 Å². The van der Waals surface area contributed by atoms with Crippen molar-refractivity contribution < 1.29 is 4.79 Å². The molecule has 0 aliphatic carbocycles. The molecule has 28 heavy (non-hydrogen) atoms. The molecule has 1 aromatic carbocycles. The van der Waals surface area contributed by atoms with E-state index in [0.29, 0.717) is 23.1 Å². The molecule has 0 radical (unpaired) electrons. The Hall–Kier alpha value is -2.02. The second-order valence-electron chi connectivity index (χ2n) is 7.06. The number of hydrogen-bond donors (Lipinski definition) is 1. The zero-order valence-electron chi connectivity index (χ0n) is 16.2. The van der Waals surface area contributed by atoms with Gasteiger partial charge >= 0.3 is 0 Å². The van der Waals surface area contributed by atoms with E-state index >= 15 is 0 Å². The van der Waals surface area contributed by atoms with Gasteiger partial charge in [0.2, 0.25) is 5.91 Å². The van der Waals surface area contributed by atoms with Crippen LogP contribution in [0.5, 0.6) is 0 Å². The van der Waals surface area contributed by atoms with Crippen molar-refractivity contribution in [2.45, 2.75) is 6.54 Å². The minimum Gasteiger partial charge on any atom is -0.378 e. The highest BCUT2D eigenvalue weighted by Gasteiger charge is 2.21. The first-order valence-electron chi connectivity index (χ1n) is 9.23. The molecule has 1 aliphatic heterocycles. The molecule has 8 heteroatoms. The normalized spacial score (nSPS) is 14.8.